The van der Waals surface area contributed by atoms with Crippen LogP contribution in [0.2, 0.25) is 0 Å². The lowest BCUT2D eigenvalue weighted by Gasteiger charge is -2.35. The van der Waals surface area contributed by atoms with E-state index in [1.54, 1.807) is 6.20 Å². The number of piperazine rings is 1. The first-order valence-electron chi connectivity index (χ1n) is 9.41. The number of benzene rings is 1. The summed E-state index contributed by atoms with van der Waals surface area (Å²) in [6.07, 6.45) is 5.65. The van der Waals surface area contributed by atoms with E-state index in [-0.39, 0.29) is 12.1 Å². The number of aryl methyl sites for hydroxylation is 1. The number of amides is 2. The molecule has 1 aliphatic rings. The molecular weight excluding hydrogens is 324 g/mol. The summed E-state index contributed by atoms with van der Waals surface area (Å²) in [5, 5.41) is 3.14. The van der Waals surface area contributed by atoms with Crippen LogP contribution in [-0.2, 0) is 13.0 Å². The van der Waals surface area contributed by atoms with Crippen LogP contribution in [0.15, 0.2) is 54.9 Å². The first-order valence-corrected chi connectivity index (χ1v) is 9.41. The van der Waals surface area contributed by atoms with Gasteiger partial charge in [0, 0.05) is 51.2 Å². The number of urea groups is 1. The fourth-order valence-corrected chi connectivity index (χ4v) is 3.26. The van der Waals surface area contributed by atoms with Gasteiger partial charge in [-0.15, -0.1) is 0 Å². The van der Waals surface area contributed by atoms with E-state index in [0.29, 0.717) is 0 Å². The van der Waals surface area contributed by atoms with Gasteiger partial charge in [-0.2, -0.15) is 0 Å². The van der Waals surface area contributed by atoms with E-state index in [1.165, 1.54) is 11.1 Å². The number of pyridine rings is 1. The van der Waals surface area contributed by atoms with E-state index in [0.717, 1.165) is 45.6 Å². The molecule has 0 spiro atoms. The van der Waals surface area contributed by atoms with Gasteiger partial charge >= 0.3 is 6.03 Å². The van der Waals surface area contributed by atoms with Gasteiger partial charge in [0.05, 0.1) is 0 Å². The van der Waals surface area contributed by atoms with Crippen LogP contribution in [0, 0.1) is 0 Å². The van der Waals surface area contributed by atoms with Crippen LogP contribution < -0.4 is 5.32 Å². The van der Waals surface area contributed by atoms with Gasteiger partial charge < -0.3 is 10.2 Å². The quantitative estimate of drug-likeness (QED) is 0.870. The summed E-state index contributed by atoms with van der Waals surface area (Å²) in [6.45, 7) is 6.34. The molecule has 0 radical (unpaired) electrons. The Bertz CT molecular complexity index is 669. The maximum absolute atomic E-state index is 12.5. The predicted molar refractivity (Wildman–Crippen MR) is 104 cm³/mol. The lowest BCUT2D eigenvalue weighted by molar-refractivity contribution is 0.133. The van der Waals surface area contributed by atoms with Gasteiger partial charge in [0.2, 0.25) is 0 Å². The van der Waals surface area contributed by atoms with Crippen molar-refractivity contribution < 1.29 is 4.79 Å². The number of aromatic nitrogens is 1. The van der Waals surface area contributed by atoms with Gasteiger partial charge in [0.1, 0.15) is 0 Å². The third kappa shape index (κ3) is 5.56. The molecular formula is C21H28N4O. The first-order chi connectivity index (χ1) is 12.7. The van der Waals surface area contributed by atoms with E-state index in [4.69, 9.17) is 0 Å². The lowest BCUT2D eigenvalue weighted by Crippen LogP contribution is -2.52. The molecule has 0 bridgehead atoms. The molecule has 2 heterocycles. The zero-order valence-electron chi connectivity index (χ0n) is 15.5. The number of nitrogens with one attached hydrogen (secondary N) is 1. The molecule has 1 unspecified atom stereocenters. The fraction of sp³-hybridized carbons (Fsp3) is 0.429. The van der Waals surface area contributed by atoms with E-state index in [1.807, 2.05) is 23.2 Å². The van der Waals surface area contributed by atoms with Crippen LogP contribution in [-0.4, -0.2) is 53.0 Å². The highest BCUT2D eigenvalue weighted by Gasteiger charge is 2.22. The lowest BCUT2D eigenvalue weighted by atomic mass is 10.1. The van der Waals surface area contributed by atoms with E-state index >= 15 is 0 Å². The summed E-state index contributed by atoms with van der Waals surface area (Å²) in [7, 11) is 0. The molecule has 1 fully saturated rings. The summed E-state index contributed by atoms with van der Waals surface area (Å²) in [5.74, 6) is 0. The van der Waals surface area contributed by atoms with Gasteiger partial charge in [0.15, 0.2) is 0 Å². The van der Waals surface area contributed by atoms with Crippen molar-refractivity contribution in [3.63, 3.8) is 0 Å². The molecule has 1 aromatic heterocycles. The van der Waals surface area contributed by atoms with Crippen molar-refractivity contribution in [2.24, 2.45) is 0 Å². The molecule has 26 heavy (non-hydrogen) atoms. The molecule has 2 amide bonds. The second-order valence-electron chi connectivity index (χ2n) is 7.00. The number of carbonyl (C=O) groups excluding carboxylic acids is 1. The van der Waals surface area contributed by atoms with Crippen molar-refractivity contribution >= 4 is 6.03 Å². The van der Waals surface area contributed by atoms with Crippen LogP contribution in [0.3, 0.4) is 0 Å². The summed E-state index contributed by atoms with van der Waals surface area (Å²) < 4.78 is 0. The molecule has 1 aromatic carbocycles. The van der Waals surface area contributed by atoms with Gasteiger partial charge in [-0.1, -0.05) is 36.4 Å². The molecule has 1 atom stereocenters. The molecule has 1 saturated heterocycles. The maximum atomic E-state index is 12.5. The predicted octanol–water partition coefficient (Wildman–Crippen LogP) is 2.93. The Morgan fingerprint density at radius 2 is 1.81 bits per heavy atom. The first kappa shape index (κ1) is 18.4. The van der Waals surface area contributed by atoms with Crippen molar-refractivity contribution in [3.8, 4) is 0 Å². The second-order valence-corrected chi connectivity index (χ2v) is 7.00. The monoisotopic (exact) mass is 352 g/mol. The average molecular weight is 352 g/mol. The van der Waals surface area contributed by atoms with Crippen LogP contribution in [0.1, 0.15) is 24.5 Å². The molecule has 3 rings (SSSR count). The largest absolute Gasteiger partial charge is 0.336 e. The molecule has 0 aliphatic carbocycles. The molecule has 5 nitrogen and oxygen atoms in total. The average Bonchev–Trinajstić information content (AvgIpc) is 2.68. The third-order valence-electron chi connectivity index (χ3n) is 4.87. The fourth-order valence-electron chi connectivity index (χ4n) is 3.26. The Kier molecular flexibility index (Phi) is 6.61. The topological polar surface area (TPSA) is 48.5 Å². The SMILES string of the molecule is CC(CCc1ccccc1)NC(=O)N1CCN(Cc2cccnc2)CC1. The minimum atomic E-state index is 0.0617. The summed E-state index contributed by atoms with van der Waals surface area (Å²) in [5.41, 5.74) is 2.54. The number of carbonyl (C=O) groups is 1. The Labute approximate surface area is 156 Å². The van der Waals surface area contributed by atoms with Crippen molar-refractivity contribution in [2.75, 3.05) is 26.2 Å². The Hall–Kier alpha value is -2.40. The Balaban J connectivity index is 1.37. The van der Waals surface area contributed by atoms with E-state index in [2.05, 4.69) is 52.5 Å². The Morgan fingerprint density at radius 3 is 2.50 bits per heavy atom. The normalized spacial score (nSPS) is 16.3. The van der Waals surface area contributed by atoms with Crippen molar-refractivity contribution in [3.05, 3.63) is 66.0 Å². The van der Waals surface area contributed by atoms with Gasteiger partial charge in [0.25, 0.3) is 0 Å². The van der Waals surface area contributed by atoms with E-state index < -0.39 is 0 Å². The minimum Gasteiger partial charge on any atom is -0.336 e. The third-order valence-corrected chi connectivity index (χ3v) is 4.87. The van der Waals surface area contributed by atoms with Gasteiger partial charge in [-0.3, -0.25) is 9.88 Å². The minimum absolute atomic E-state index is 0.0617. The number of hydrogen-bond donors (Lipinski definition) is 1. The molecule has 138 valence electrons. The highest BCUT2D eigenvalue weighted by molar-refractivity contribution is 5.74. The standard InChI is InChI=1S/C21H28N4O/c1-18(9-10-19-6-3-2-4-7-19)23-21(26)25-14-12-24(13-15-25)17-20-8-5-11-22-16-20/h2-8,11,16,18H,9-10,12-15,17H2,1H3,(H,23,26). The van der Waals surface area contributed by atoms with Crippen LogP contribution in [0.4, 0.5) is 4.79 Å². The number of rotatable bonds is 6. The smallest absolute Gasteiger partial charge is 0.317 e. The molecule has 2 aromatic rings. The molecule has 5 heteroatoms. The Morgan fingerprint density at radius 1 is 1.08 bits per heavy atom. The van der Waals surface area contributed by atoms with Crippen LogP contribution >= 0.6 is 0 Å². The number of nitrogens with zero attached hydrogens (tertiary/aromatic N) is 3. The summed E-state index contributed by atoms with van der Waals surface area (Å²) in [6, 6.07) is 14.7. The maximum Gasteiger partial charge on any atom is 0.317 e. The van der Waals surface area contributed by atoms with Gasteiger partial charge in [-0.25, -0.2) is 4.79 Å². The molecule has 1 N–H and O–H groups in total. The van der Waals surface area contributed by atoms with Crippen molar-refractivity contribution in [1.29, 1.82) is 0 Å². The van der Waals surface area contributed by atoms with Crippen molar-refractivity contribution in [2.45, 2.75) is 32.4 Å². The zero-order chi connectivity index (χ0) is 18.2. The zero-order valence-corrected chi connectivity index (χ0v) is 15.5. The second kappa shape index (κ2) is 9.34. The highest BCUT2D eigenvalue weighted by Crippen LogP contribution is 2.09. The van der Waals surface area contributed by atoms with Crippen LogP contribution in [0.25, 0.3) is 0 Å². The van der Waals surface area contributed by atoms with E-state index in [9.17, 15) is 4.79 Å². The van der Waals surface area contributed by atoms with Gasteiger partial charge in [-0.05, 0) is 37.0 Å². The molecule has 0 saturated carbocycles. The van der Waals surface area contributed by atoms with Crippen LogP contribution in [0.5, 0.6) is 0 Å². The summed E-state index contributed by atoms with van der Waals surface area (Å²) >= 11 is 0. The summed E-state index contributed by atoms with van der Waals surface area (Å²) in [4.78, 5) is 20.9. The highest BCUT2D eigenvalue weighted by atomic mass is 16.2. The van der Waals surface area contributed by atoms with Crippen molar-refractivity contribution in [1.82, 2.24) is 20.1 Å². The number of hydrogen-bond acceptors (Lipinski definition) is 3. The molecule has 1 aliphatic heterocycles.